The molecule has 0 amide bonds. The minimum absolute atomic E-state index is 0.0325. The van der Waals surface area contributed by atoms with Gasteiger partial charge in [0.1, 0.15) is 16.6 Å². The van der Waals surface area contributed by atoms with Crippen molar-refractivity contribution >= 4 is 38.9 Å². The van der Waals surface area contributed by atoms with Gasteiger partial charge in [0.15, 0.2) is 0 Å². The summed E-state index contributed by atoms with van der Waals surface area (Å²) in [4.78, 5) is 0. The molecule has 0 aliphatic heterocycles. The van der Waals surface area contributed by atoms with E-state index in [1.165, 1.54) is 23.5 Å². The molecule has 4 nitrogen and oxygen atoms in total. The van der Waals surface area contributed by atoms with Gasteiger partial charge in [-0.1, -0.05) is 41.9 Å². The molecule has 8 heteroatoms. The molecule has 0 saturated heterocycles. The van der Waals surface area contributed by atoms with Crippen molar-refractivity contribution in [2.24, 2.45) is 5.92 Å². The lowest BCUT2D eigenvalue weighted by Crippen LogP contribution is -2.18. The van der Waals surface area contributed by atoms with Crippen molar-refractivity contribution in [3.8, 4) is 10.9 Å². The van der Waals surface area contributed by atoms with Crippen LogP contribution in [0.3, 0.4) is 0 Å². The van der Waals surface area contributed by atoms with Crippen molar-refractivity contribution in [3.05, 3.63) is 32.5 Å². The summed E-state index contributed by atoms with van der Waals surface area (Å²) in [7, 11) is 0. The molecular formula is C13H14BrClFN3OS. The number of nitrogens with one attached hydrogen (secondary N) is 1. The highest BCUT2D eigenvalue weighted by atomic mass is 79.9. The fourth-order valence-corrected chi connectivity index (χ4v) is 2.89. The first-order chi connectivity index (χ1) is 9.95. The van der Waals surface area contributed by atoms with E-state index in [1.54, 1.807) is 0 Å². The standard InChI is InChI=1S/C13H14BrClFN3OS/c1-7(2)5-17-6-12-18-19-13(21-12)20-11-4-10(16)9(15)3-8(11)14/h3-4,7,17H,5-6H2,1-2H3. The highest BCUT2D eigenvalue weighted by Gasteiger charge is 2.12. The Labute approximate surface area is 139 Å². The van der Waals surface area contributed by atoms with Gasteiger partial charge in [-0.2, -0.15) is 0 Å². The average Bonchev–Trinajstić information content (AvgIpc) is 2.83. The van der Waals surface area contributed by atoms with Crippen molar-refractivity contribution in [1.29, 1.82) is 0 Å². The normalized spacial score (nSPS) is 11.1. The Morgan fingerprint density at radius 1 is 1.43 bits per heavy atom. The van der Waals surface area contributed by atoms with Crippen LogP contribution in [0.5, 0.6) is 10.9 Å². The molecule has 1 N–H and O–H groups in total. The van der Waals surface area contributed by atoms with Crippen molar-refractivity contribution in [3.63, 3.8) is 0 Å². The Balaban J connectivity index is 2.01. The van der Waals surface area contributed by atoms with Gasteiger partial charge in [0.2, 0.25) is 0 Å². The first-order valence-electron chi connectivity index (χ1n) is 6.31. The summed E-state index contributed by atoms with van der Waals surface area (Å²) in [5, 5.41) is 12.4. The highest BCUT2D eigenvalue weighted by molar-refractivity contribution is 9.10. The number of hydrogen-bond donors (Lipinski definition) is 1. The summed E-state index contributed by atoms with van der Waals surface area (Å²) in [5.74, 6) is 0.342. The lowest BCUT2D eigenvalue weighted by molar-refractivity contribution is 0.464. The Morgan fingerprint density at radius 2 is 2.19 bits per heavy atom. The molecule has 2 aromatic rings. The number of aromatic nitrogens is 2. The van der Waals surface area contributed by atoms with E-state index in [0.717, 1.165) is 11.6 Å². The van der Waals surface area contributed by atoms with Crippen LogP contribution < -0.4 is 10.1 Å². The van der Waals surface area contributed by atoms with Gasteiger partial charge in [0.25, 0.3) is 5.19 Å². The molecule has 1 heterocycles. The van der Waals surface area contributed by atoms with Gasteiger partial charge < -0.3 is 10.1 Å². The summed E-state index contributed by atoms with van der Waals surface area (Å²) < 4.78 is 19.5. The van der Waals surface area contributed by atoms with Crippen LogP contribution >= 0.6 is 38.9 Å². The maximum absolute atomic E-state index is 13.4. The van der Waals surface area contributed by atoms with Crippen LogP contribution in [0, 0.1) is 11.7 Å². The quantitative estimate of drug-likeness (QED) is 0.726. The molecule has 0 radical (unpaired) electrons. The monoisotopic (exact) mass is 393 g/mol. The third-order valence-electron chi connectivity index (χ3n) is 2.45. The first-order valence-corrected chi connectivity index (χ1v) is 8.30. The van der Waals surface area contributed by atoms with Gasteiger partial charge >= 0.3 is 0 Å². The molecule has 0 fully saturated rings. The smallest absolute Gasteiger partial charge is 0.299 e. The summed E-state index contributed by atoms with van der Waals surface area (Å²) in [6, 6.07) is 2.66. The molecule has 0 unspecified atom stereocenters. The van der Waals surface area contributed by atoms with Crippen LogP contribution in [-0.4, -0.2) is 16.7 Å². The third-order valence-corrected chi connectivity index (χ3v) is 4.16. The van der Waals surface area contributed by atoms with Crippen LogP contribution in [0.2, 0.25) is 5.02 Å². The first kappa shape index (κ1) is 16.6. The van der Waals surface area contributed by atoms with Crippen LogP contribution in [0.1, 0.15) is 18.9 Å². The van der Waals surface area contributed by atoms with E-state index in [4.69, 9.17) is 16.3 Å². The van der Waals surface area contributed by atoms with E-state index < -0.39 is 5.82 Å². The predicted molar refractivity (Wildman–Crippen MR) is 85.6 cm³/mol. The van der Waals surface area contributed by atoms with Crippen molar-refractivity contribution in [1.82, 2.24) is 15.5 Å². The Bertz CT molecular complexity index is 623. The number of ether oxygens (including phenoxy) is 1. The Morgan fingerprint density at radius 3 is 2.90 bits per heavy atom. The zero-order valence-corrected chi connectivity index (χ0v) is 14.6. The van der Waals surface area contributed by atoms with Gasteiger partial charge in [-0.3, -0.25) is 0 Å². The molecule has 21 heavy (non-hydrogen) atoms. The lowest BCUT2D eigenvalue weighted by atomic mass is 10.2. The fraction of sp³-hybridized carbons (Fsp3) is 0.385. The lowest BCUT2D eigenvalue weighted by Gasteiger charge is -2.05. The Hall–Kier alpha value is -0.760. The maximum atomic E-state index is 13.4. The summed E-state index contributed by atoms with van der Waals surface area (Å²) in [6.45, 7) is 5.81. The van der Waals surface area contributed by atoms with Crippen molar-refractivity contribution in [2.45, 2.75) is 20.4 Å². The zero-order valence-electron chi connectivity index (χ0n) is 11.5. The molecule has 1 aromatic heterocycles. The molecule has 114 valence electrons. The largest absolute Gasteiger partial charge is 0.428 e. The molecule has 0 aliphatic carbocycles. The van der Waals surface area contributed by atoms with Crippen molar-refractivity contribution < 1.29 is 9.13 Å². The molecule has 0 atom stereocenters. The second-order valence-corrected chi connectivity index (χ2v) is 7.07. The number of rotatable bonds is 6. The van der Waals surface area contributed by atoms with Gasteiger partial charge in [0.05, 0.1) is 9.50 Å². The maximum Gasteiger partial charge on any atom is 0.299 e. The summed E-state index contributed by atoms with van der Waals surface area (Å²) in [5.41, 5.74) is 0. The second kappa shape index (κ2) is 7.49. The minimum atomic E-state index is -0.543. The molecule has 1 aromatic carbocycles. The summed E-state index contributed by atoms with van der Waals surface area (Å²) in [6.07, 6.45) is 0. The van der Waals surface area contributed by atoms with Gasteiger partial charge in [-0.15, -0.1) is 5.10 Å². The van der Waals surface area contributed by atoms with E-state index in [9.17, 15) is 4.39 Å². The van der Waals surface area contributed by atoms with Crippen LogP contribution in [-0.2, 0) is 6.54 Å². The topological polar surface area (TPSA) is 47.0 Å². The van der Waals surface area contributed by atoms with Gasteiger partial charge in [0, 0.05) is 12.6 Å². The zero-order chi connectivity index (χ0) is 15.4. The molecule has 0 bridgehead atoms. The van der Waals surface area contributed by atoms with E-state index in [0.29, 0.717) is 27.9 Å². The molecule has 0 saturated carbocycles. The third kappa shape index (κ3) is 4.88. The average molecular weight is 395 g/mol. The van der Waals surface area contributed by atoms with Gasteiger partial charge in [-0.25, -0.2) is 4.39 Å². The second-order valence-electron chi connectivity index (χ2n) is 4.79. The molecule has 0 aliphatic rings. The number of benzene rings is 1. The predicted octanol–water partition coefficient (Wildman–Crippen LogP) is 4.63. The number of halogens is 3. The van der Waals surface area contributed by atoms with Gasteiger partial charge in [-0.05, 0) is 34.5 Å². The molecular weight excluding hydrogens is 381 g/mol. The molecule has 0 spiro atoms. The Kier molecular flexibility index (Phi) is 5.92. The van der Waals surface area contributed by atoms with E-state index in [1.807, 2.05) is 0 Å². The SMILES string of the molecule is CC(C)CNCc1nnc(Oc2cc(F)c(Cl)cc2Br)s1. The fourth-order valence-electron chi connectivity index (χ4n) is 1.50. The van der Waals surface area contributed by atoms with E-state index in [-0.39, 0.29) is 5.02 Å². The van der Waals surface area contributed by atoms with Crippen LogP contribution in [0.15, 0.2) is 16.6 Å². The summed E-state index contributed by atoms with van der Waals surface area (Å²) >= 11 is 10.3. The van der Waals surface area contributed by atoms with Crippen LogP contribution in [0.4, 0.5) is 4.39 Å². The highest BCUT2D eigenvalue weighted by Crippen LogP contribution is 2.34. The van der Waals surface area contributed by atoms with E-state index >= 15 is 0 Å². The van der Waals surface area contributed by atoms with E-state index in [2.05, 4.69) is 45.3 Å². The number of nitrogens with zero attached hydrogens (tertiary/aromatic N) is 2. The van der Waals surface area contributed by atoms with Crippen LogP contribution in [0.25, 0.3) is 0 Å². The molecule has 2 rings (SSSR count). The minimum Gasteiger partial charge on any atom is -0.428 e. The number of hydrogen-bond acceptors (Lipinski definition) is 5. The van der Waals surface area contributed by atoms with Crippen molar-refractivity contribution in [2.75, 3.05) is 6.54 Å².